The van der Waals surface area contributed by atoms with Gasteiger partial charge < -0.3 is 10.1 Å². The van der Waals surface area contributed by atoms with Gasteiger partial charge in [-0.25, -0.2) is 8.42 Å². The Kier molecular flexibility index (Phi) is 6.36. The summed E-state index contributed by atoms with van der Waals surface area (Å²) in [6, 6.07) is 9.93. The number of anilines is 1. The number of nitrogens with one attached hydrogen (secondary N) is 2. The number of benzene rings is 1. The number of methoxy groups -OCH3 is 1. The number of ether oxygens (including phenoxy) is 1. The molecule has 0 fully saturated rings. The highest BCUT2D eigenvalue weighted by Gasteiger charge is 2.15. The van der Waals surface area contributed by atoms with Crippen LogP contribution < -0.4 is 10.0 Å². The van der Waals surface area contributed by atoms with Crippen LogP contribution in [-0.4, -0.2) is 34.1 Å². The summed E-state index contributed by atoms with van der Waals surface area (Å²) in [6.45, 7) is 2.32. The molecule has 2 aromatic rings. The molecule has 1 atom stereocenters. The highest BCUT2D eigenvalue weighted by molar-refractivity contribution is 7.94. The van der Waals surface area contributed by atoms with E-state index in [-0.39, 0.29) is 22.6 Å². The highest BCUT2D eigenvalue weighted by atomic mass is 32.2. The molecule has 0 spiro atoms. The van der Waals surface area contributed by atoms with Gasteiger partial charge in [-0.2, -0.15) is 0 Å². The molecule has 24 heavy (non-hydrogen) atoms. The number of sulfonamides is 1. The largest absolute Gasteiger partial charge is 0.383 e. The molecule has 0 aliphatic carbocycles. The van der Waals surface area contributed by atoms with Crippen molar-refractivity contribution >= 4 is 33.0 Å². The molecule has 1 aromatic carbocycles. The van der Waals surface area contributed by atoms with Gasteiger partial charge in [0, 0.05) is 18.8 Å². The lowest BCUT2D eigenvalue weighted by atomic mass is 10.1. The van der Waals surface area contributed by atoms with Crippen LogP contribution in [-0.2, 0) is 26.0 Å². The third-order valence-electron chi connectivity index (χ3n) is 3.15. The third-order valence-corrected chi connectivity index (χ3v) is 5.93. The molecule has 0 saturated carbocycles. The van der Waals surface area contributed by atoms with Crippen LogP contribution in [0.15, 0.2) is 46.0 Å². The second-order valence-corrected chi connectivity index (χ2v) is 8.19. The molecule has 8 heteroatoms. The normalized spacial score (nSPS) is 12.6. The van der Waals surface area contributed by atoms with Crippen LogP contribution >= 0.6 is 11.3 Å². The second kappa shape index (κ2) is 8.27. The lowest BCUT2D eigenvalue weighted by Gasteiger charge is -2.13. The van der Waals surface area contributed by atoms with Gasteiger partial charge in [0.25, 0.3) is 10.0 Å². The standard InChI is InChI=1S/C16H20N2O4S2/c1-12(11-22-2)17-15(19)10-13-5-7-14(8-6-13)18-24(20,21)16-4-3-9-23-16/h3-9,12,18H,10-11H2,1-2H3,(H,17,19). The Morgan fingerprint density at radius 1 is 1.25 bits per heavy atom. The van der Waals surface area contributed by atoms with Crippen molar-refractivity contribution in [2.45, 2.75) is 23.6 Å². The van der Waals surface area contributed by atoms with Crippen LogP contribution in [0.3, 0.4) is 0 Å². The molecule has 0 saturated heterocycles. The van der Waals surface area contributed by atoms with Crippen molar-refractivity contribution in [1.29, 1.82) is 0 Å². The number of carbonyl (C=O) groups is 1. The van der Waals surface area contributed by atoms with Crippen LogP contribution in [0, 0.1) is 0 Å². The molecule has 2 rings (SSSR count). The first-order valence-corrected chi connectivity index (χ1v) is 9.70. The molecule has 1 amide bonds. The van der Waals surface area contributed by atoms with Gasteiger partial charge in [0.2, 0.25) is 5.91 Å². The number of amides is 1. The van der Waals surface area contributed by atoms with Gasteiger partial charge in [0.05, 0.1) is 13.0 Å². The van der Waals surface area contributed by atoms with Gasteiger partial charge in [-0.05, 0) is 36.1 Å². The van der Waals surface area contributed by atoms with E-state index in [1.165, 1.54) is 0 Å². The summed E-state index contributed by atoms with van der Waals surface area (Å²) in [6.07, 6.45) is 0.228. The van der Waals surface area contributed by atoms with Gasteiger partial charge in [-0.15, -0.1) is 11.3 Å². The van der Waals surface area contributed by atoms with Gasteiger partial charge >= 0.3 is 0 Å². The maximum Gasteiger partial charge on any atom is 0.271 e. The summed E-state index contributed by atoms with van der Waals surface area (Å²) in [5.41, 5.74) is 1.26. The van der Waals surface area contributed by atoms with Gasteiger partial charge in [0.15, 0.2) is 0 Å². The minimum absolute atomic E-state index is 0.0561. The van der Waals surface area contributed by atoms with E-state index in [2.05, 4.69) is 10.0 Å². The van der Waals surface area contributed by atoms with Crippen molar-refractivity contribution in [3.8, 4) is 0 Å². The molecular weight excluding hydrogens is 348 g/mol. The quantitative estimate of drug-likeness (QED) is 0.748. The Balaban J connectivity index is 1.95. The zero-order chi connectivity index (χ0) is 17.6. The number of carbonyl (C=O) groups excluding carboxylic acids is 1. The third kappa shape index (κ3) is 5.33. The average Bonchev–Trinajstić information content (AvgIpc) is 3.04. The Morgan fingerprint density at radius 2 is 1.96 bits per heavy atom. The fourth-order valence-electron chi connectivity index (χ4n) is 2.12. The second-order valence-electron chi connectivity index (χ2n) is 5.34. The van der Waals surface area contributed by atoms with Crippen LogP contribution in [0.25, 0.3) is 0 Å². The summed E-state index contributed by atoms with van der Waals surface area (Å²) < 4.78 is 32.0. The Hall–Kier alpha value is -1.90. The smallest absolute Gasteiger partial charge is 0.271 e. The molecule has 0 bridgehead atoms. The SMILES string of the molecule is COCC(C)NC(=O)Cc1ccc(NS(=O)(=O)c2cccs2)cc1. The fourth-order valence-corrected chi connectivity index (χ4v) is 4.17. The zero-order valence-electron chi connectivity index (χ0n) is 13.5. The Bertz CT molecular complexity index is 756. The first kappa shape index (κ1) is 18.4. The molecule has 0 aliphatic rings. The van der Waals surface area contributed by atoms with Crippen LogP contribution in [0.2, 0.25) is 0 Å². The predicted octanol–water partition coefficient (Wildman–Crippen LogP) is 2.24. The van der Waals surface area contributed by atoms with E-state index < -0.39 is 10.0 Å². The van der Waals surface area contributed by atoms with Crippen molar-refractivity contribution in [3.05, 3.63) is 47.3 Å². The van der Waals surface area contributed by atoms with Crippen molar-refractivity contribution in [2.75, 3.05) is 18.4 Å². The lowest BCUT2D eigenvalue weighted by Crippen LogP contribution is -2.36. The van der Waals surface area contributed by atoms with E-state index >= 15 is 0 Å². The van der Waals surface area contributed by atoms with Crippen molar-refractivity contribution in [2.24, 2.45) is 0 Å². The van der Waals surface area contributed by atoms with Crippen molar-refractivity contribution in [3.63, 3.8) is 0 Å². The molecule has 130 valence electrons. The first-order valence-electron chi connectivity index (χ1n) is 7.34. The van der Waals surface area contributed by atoms with E-state index in [0.29, 0.717) is 12.3 Å². The molecule has 2 N–H and O–H groups in total. The van der Waals surface area contributed by atoms with Crippen molar-refractivity contribution in [1.82, 2.24) is 5.32 Å². The summed E-state index contributed by atoms with van der Waals surface area (Å²) in [5, 5.41) is 4.54. The molecular formula is C16H20N2O4S2. The molecule has 0 radical (unpaired) electrons. The number of hydrogen-bond acceptors (Lipinski definition) is 5. The summed E-state index contributed by atoms with van der Waals surface area (Å²) in [4.78, 5) is 11.9. The van der Waals surface area contributed by atoms with Crippen molar-refractivity contribution < 1.29 is 17.9 Å². The minimum Gasteiger partial charge on any atom is -0.383 e. The zero-order valence-corrected chi connectivity index (χ0v) is 15.1. The van der Waals surface area contributed by atoms with E-state index in [1.54, 1.807) is 48.9 Å². The van der Waals surface area contributed by atoms with Crippen LogP contribution in [0.4, 0.5) is 5.69 Å². The predicted molar refractivity (Wildman–Crippen MR) is 94.8 cm³/mol. The van der Waals surface area contributed by atoms with Gasteiger partial charge in [-0.3, -0.25) is 9.52 Å². The van der Waals surface area contributed by atoms with Gasteiger partial charge in [0.1, 0.15) is 4.21 Å². The Morgan fingerprint density at radius 3 is 2.54 bits per heavy atom. The molecule has 1 aromatic heterocycles. The topological polar surface area (TPSA) is 84.5 Å². The monoisotopic (exact) mass is 368 g/mol. The fraction of sp³-hybridized carbons (Fsp3) is 0.312. The first-order chi connectivity index (χ1) is 11.4. The van der Waals surface area contributed by atoms with E-state index in [1.807, 2.05) is 6.92 Å². The van der Waals surface area contributed by atoms with Gasteiger partial charge in [-0.1, -0.05) is 18.2 Å². The highest BCUT2D eigenvalue weighted by Crippen LogP contribution is 2.20. The molecule has 6 nitrogen and oxygen atoms in total. The minimum atomic E-state index is -3.55. The number of rotatable bonds is 8. The maximum absolute atomic E-state index is 12.1. The summed E-state index contributed by atoms with van der Waals surface area (Å²) in [5.74, 6) is -0.105. The molecule has 1 unspecified atom stereocenters. The van der Waals surface area contributed by atoms with E-state index in [0.717, 1.165) is 16.9 Å². The van der Waals surface area contributed by atoms with Crippen LogP contribution in [0.5, 0.6) is 0 Å². The summed E-state index contributed by atoms with van der Waals surface area (Å²) >= 11 is 1.16. The van der Waals surface area contributed by atoms with E-state index in [9.17, 15) is 13.2 Å². The Labute approximate surface area is 145 Å². The lowest BCUT2D eigenvalue weighted by molar-refractivity contribution is -0.121. The maximum atomic E-state index is 12.1. The summed E-state index contributed by atoms with van der Waals surface area (Å²) in [7, 11) is -1.97. The number of thiophene rings is 1. The number of hydrogen-bond donors (Lipinski definition) is 2. The van der Waals surface area contributed by atoms with E-state index in [4.69, 9.17) is 4.74 Å². The molecule has 1 heterocycles. The molecule has 0 aliphatic heterocycles. The average molecular weight is 368 g/mol. The van der Waals surface area contributed by atoms with Crippen LogP contribution in [0.1, 0.15) is 12.5 Å².